The van der Waals surface area contributed by atoms with E-state index in [0.29, 0.717) is 4.88 Å². The predicted molar refractivity (Wildman–Crippen MR) is 123 cm³/mol. The van der Waals surface area contributed by atoms with E-state index in [0.717, 1.165) is 22.4 Å². The minimum atomic E-state index is -0.704. The third kappa shape index (κ3) is 4.78. The van der Waals surface area contributed by atoms with Crippen molar-refractivity contribution in [2.45, 2.75) is 33.4 Å². The molecule has 0 saturated carbocycles. The van der Waals surface area contributed by atoms with Gasteiger partial charge in [-0.15, -0.1) is 11.3 Å². The molecule has 0 saturated heterocycles. The highest BCUT2D eigenvalue weighted by molar-refractivity contribution is 7.14. The molecule has 31 heavy (non-hydrogen) atoms. The number of aryl methyl sites for hydroxylation is 2. The number of anilines is 2. The van der Waals surface area contributed by atoms with Crippen LogP contribution in [0.5, 0.6) is 0 Å². The first-order valence-electron chi connectivity index (χ1n) is 9.94. The summed E-state index contributed by atoms with van der Waals surface area (Å²) >= 11 is 1.40. The molecule has 3 rings (SSSR count). The van der Waals surface area contributed by atoms with E-state index in [-0.39, 0.29) is 37.1 Å². The van der Waals surface area contributed by atoms with Crippen LogP contribution in [0.15, 0.2) is 46.0 Å². The first-order valence-corrected chi connectivity index (χ1v) is 10.8. The fourth-order valence-corrected chi connectivity index (χ4v) is 4.43. The number of thiophene rings is 1. The molecule has 2 heterocycles. The van der Waals surface area contributed by atoms with Crippen molar-refractivity contribution < 1.29 is 9.53 Å². The Bertz CT molecular complexity index is 1180. The van der Waals surface area contributed by atoms with Gasteiger partial charge in [0.05, 0.1) is 24.6 Å². The maximum atomic E-state index is 13.6. The molecule has 0 fully saturated rings. The van der Waals surface area contributed by atoms with Crippen LogP contribution in [0, 0.1) is 6.92 Å². The normalized spacial score (nSPS) is 10.9. The van der Waals surface area contributed by atoms with Crippen molar-refractivity contribution in [3.8, 4) is 0 Å². The molecule has 1 aromatic carbocycles. The standard InChI is InChI=1S/C22H26N4O4S/c1-4-16-14(2)12-17(31-16)21(28)26(13-15-8-6-5-7-9-15)18-19(23)25(10-11-30-3)22(29)24-20(18)27/h5-9,12H,4,10-11,13,23H2,1-3H3,(H,24,27,29). The van der Waals surface area contributed by atoms with Gasteiger partial charge in [-0.25, -0.2) is 4.79 Å². The van der Waals surface area contributed by atoms with Gasteiger partial charge in [0.2, 0.25) is 0 Å². The lowest BCUT2D eigenvalue weighted by Crippen LogP contribution is -2.41. The van der Waals surface area contributed by atoms with Gasteiger partial charge < -0.3 is 10.5 Å². The maximum Gasteiger partial charge on any atom is 0.330 e. The molecule has 3 N–H and O–H groups in total. The van der Waals surface area contributed by atoms with Gasteiger partial charge in [0, 0.05) is 12.0 Å². The van der Waals surface area contributed by atoms with Crippen LogP contribution in [0.3, 0.4) is 0 Å². The van der Waals surface area contributed by atoms with Crippen molar-refractivity contribution in [3.63, 3.8) is 0 Å². The van der Waals surface area contributed by atoms with E-state index in [2.05, 4.69) is 4.98 Å². The molecule has 0 atom stereocenters. The third-order valence-electron chi connectivity index (χ3n) is 4.98. The Hall–Kier alpha value is -3.17. The van der Waals surface area contributed by atoms with E-state index in [1.165, 1.54) is 27.9 Å². The molecule has 3 aromatic rings. The first-order chi connectivity index (χ1) is 14.9. The average Bonchev–Trinajstić information content (AvgIpc) is 3.13. The van der Waals surface area contributed by atoms with Gasteiger partial charge in [0.1, 0.15) is 5.82 Å². The zero-order chi connectivity index (χ0) is 22.5. The van der Waals surface area contributed by atoms with E-state index < -0.39 is 11.2 Å². The van der Waals surface area contributed by atoms with Crippen molar-refractivity contribution in [1.29, 1.82) is 0 Å². The van der Waals surface area contributed by atoms with Crippen LogP contribution in [-0.4, -0.2) is 29.2 Å². The minimum Gasteiger partial charge on any atom is -0.383 e. The Morgan fingerprint density at radius 3 is 2.58 bits per heavy atom. The Balaban J connectivity index is 2.15. The Morgan fingerprint density at radius 1 is 1.26 bits per heavy atom. The highest BCUT2D eigenvalue weighted by Crippen LogP contribution is 2.27. The number of hydrogen-bond donors (Lipinski definition) is 2. The number of rotatable bonds is 8. The maximum absolute atomic E-state index is 13.6. The number of ether oxygens (including phenoxy) is 1. The molecule has 0 aliphatic heterocycles. The minimum absolute atomic E-state index is 0.0475. The van der Waals surface area contributed by atoms with Gasteiger partial charge in [-0.3, -0.25) is 24.0 Å². The number of nitrogen functional groups attached to an aromatic ring is 1. The number of aromatic nitrogens is 2. The van der Waals surface area contributed by atoms with E-state index in [1.54, 1.807) is 0 Å². The van der Waals surface area contributed by atoms with Crippen LogP contribution in [0.4, 0.5) is 11.5 Å². The van der Waals surface area contributed by atoms with Crippen LogP contribution >= 0.6 is 11.3 Å². The largest absolute Gasteiger partial charge is 0.383 e. The fourth-order valence-electron chi connectivity index (χ4n) is 3.37. The van der Waals surface area contributed by atoms with Crippen molar-refractivity contribution >= 4 is 28.7 Å². The lowest BCUT2D eigenvalue weighted by Gasteiger charge is -2.24. The fraction of sp³-hybridized carbons (Fsp3) is 0.318. The molecule has 0 spiro atoms. The SMILES string of the molecule is CCc1sc(C(=O)N(Cc2ccccc2)c2c(N)n(CCOC)c(=O)[nH]c2=O)cc1C. The predicted octanol–water partition coefficient (Wildman–Crippen LogP) is 2.54. The smallest absolute Gasteiger partial charge is 0.330 e. The van der Waals surface area contributed by atoms with Gasteiger partial charge in [-0.05, 0) is 30.5 Å². The lowest BCUT2D eigenvalue weighted by atomic mass is 10.2. The second-order valence-corrected chi connectivity index (χ2v) is 8.22. The van der Waals surface area contributed by atoms with Crippen molar-refractivity contribution in [3.05, 3.63) is 78.1 Å². The summed E-state index contributed by atoms with van der Waals surface area (Å²) in [4.78, 5) is 43.9. The Labute approximate surface area is 183 Å². The van der Waals surface area contributed by atoms with E-state index >= 15 is 0 Å². The lowest BCUT2D eigenvalue weighted by molar-refractivity contribution is 0.0988. The zero-order valence-corrected chi connectivity index (χ0v) is 18.6. The molecule has 0 aliphatic rings. The monoisotopic (exact) mass is 442 g/mol. The van der Waals surface area contributed by atoms with Crippen LogP contribution in [0.1, 0.15) is 32.6 Å². The highest BCUT2D eigenvalue weighted by atomic mass is 32.1. The molecular formula is C22H26N4O4S. The molecule has 0 unspecified atom stereocenters. The number of benzene rings is 1. The molecule has 1 amide bonds. The number of carbonyl (C=O) groups is 1. The number of aromatic amines is 1. The molecular weight excluding hydrogens is 416 g/mol. The quantitative estimate of drug-likeness (QED) is 0.557. The number of methoxy groups -OCH3 is 1. The third-order valence-corrected chi connectivity index (χ3v) is 6.35. The van der Waals surface area contributed by atoms with Crippen LogP contribution < -0.4 is 21.9 Å². The van der Waals surface area contributed by atoms with Gasteiger partial charge in [-0.2, -0.15) is 0 Å². The molecule has 2 aromatic heterocycles. The van der Waals surface area contributed by atoms with Crippen LogP contribution in [0.25, 0.3) is 0 Å². The number of carbonyl (C=O) groups excluding carboxylic acids is 1. The van der Waals surface area contributed by atoms with Crippen molar-refractivity contribution in [2.75, 3.05) is 24.4 Å². The van der Waals surface area contributed by atoms with Crippen molar-refractivity contribution in [2.24, 2.45) is 0 Å². The van der Waals surface area contributed by atoms with Crippen LogP contribution in [0.2, 0.25) is 0 Å². The van der Waals surface area contributed by atoms with Gasteiger partial charge >= 0.3 is 5.69 Å². The first kappa shape index (κ1) is 22.5. The summed E-state index contributed by atoms with van der Waals surface area (Å²) in [6.45, 7) is 4.50. The summed E-state index contributed by atoms with van der Waals surface area (Å²) in [5.41, 5.74) is 6.72. The summed E-state index contributed by atoms with van der Waals surface area (Å²) in [6, 6.07) is 11.1. The molecule has 8 nitrogen and oxygen atoms in total. The number of nitrogens with one attached hydrogen (secondary N) is 1. The van der Waals surface area contributed by atoms with Gasteiger partial charge in [0.25, 0.3) is 11.5 Å². The number of H-pyrrole nitrogens is 1. The summed E-state index contributed by atoms with van der Waals surface area (Å²) in [6.07, 6.45) is 0.813. The molecule has 164 valence electrons. The van der Waals surface area contributed by atoms with Crippen molar-refractivity contribution in [1.82, 2.24) is 9.55 Å². The molecule has 0 radical (unpaired) electrons. The number of nitrogens with zero attached hydrogens (tertiary/aromatic N) is 2. The average molecular weight is 443 g/mol. The topological polar surface area (TPSA) is 110 Å². The van der Waals surface area contributed by atoms with E-state index in [1.807, 2.05) is 50.2 Å². The highest BCUT2D eigenvalue weighted by Gasteiger charge is 2.27. The molecule has 9 heteroatoms. The summed E-state index contributed by atoms with van der Waals surface area (Å²) < 4.78 is 6.25. The molecule has 0 aliphatic carbocycles. The second kappa shape index (κ2) is 9.76. The van der Waals surface area contributed by atoms with E-state index in [9.17, 15) is 14.4 Å². The number of amides is 1. The summed E-state index contributed by atoms with van der Waals surface area (Å²) in [7, 11) is 1.50. The zero-order valence-electron chi connectivity index (χ0n) is 17.8. The van der Waals surface area contributed by atoms with Gasteiger partial charge in [-0.1, -0.05) is 37.3 Å². The Kier molecular flexibility index (Phi) is 7.09. The Morgan fingerprint density at radius 2 is 1.97 bits per heavy atom. The van der Waals surface area contributed by atoms with Crippen LogP contribution in [-0.2, 0) is 24.2 Å². The van der Waals surface area contributed by atoms with E-state index in [4.69, 9.17) is 10.5 Å². The van der Waals surface area contributed by atoms with Gasteiger partial charge in [0.15, 0.2) is 5.69 Å². The number of nitrogens with two attached hydrogens (primary N) is 1. The second-order valence-electron chi connectivity index (χ2n) is 7.08. The number of hydrogen-bond acceptors (Lipinski definition) is 6. The summed E-state index contributed by atoms with van der Waals surface area (Å²) in [5, 5.41) is 0. The summed E-state index contributed by atoms with van der Waals surface area (Å²) in [5.74, 6) is -0.412. The molecule has 0 bridgehead atoms.